The van der Waals surface area contributed by atoms with Gasteiger partial charge in [0.15, 0.2) is 0 Å². The molecule has 3 N–H and O–H groups in total. The van der Waals surface area contributed by atoms with Gasteiger partial charge in [0.05, 0.1) is 4.34 Å². The molecule has 0 aliphatic carbocycles. The summed E-state index contributed by atoms with van der Waals surface area (Å²) in [6.45, 7) is 0. The number of nitrogens with one attached hydrogen (secondary N) is 1. The number of hydrazine groups is 1. The van der Waals surface area contributed by atoms with E-state index in [2.05, 4.69) is 0 Å². The van der Waals surface area contributed by atoms with Gasteiger partial charge in [-0.25, -0.2) is 5.43 Å². The van der Waals surface area contributed by atoms with E-state index in [0.717, 1.165) is 11.3 Å². The molecule has 1 aromatic heterocycles. The average molecular weight is 247 g/mol. The van der Waals surface area contributed by atoms with E-state index in [-0.39, 0.29) is 0 Å². The van der Waals surface area contributed by atoms with Crippen LogP contribution in [0.25, 0.3) is 0 Å². The molecule has 74 valence electrons. The second-order valence-corrected chi connectivity index (χ2v) is 4.53. The Morgan fingerprint density at radius 1 is 1.54 bits per heavy atom. The molecule has 0 fully saturated rings. The van der Waals surface area contributed by atoms with Crippen LogP contribution >= 0.6 is 34.5 Å². The van der Waals surface area contributed by atoms with Gasteiger partial charge in [0.1, 0.15) is 6.04 Å². The van der Waals surface area contributed by atoms with Gasteiger partial charge in [-0.1, -0.05) is 11.6 Å². The number of hydrogen-bond acceptors (Lipinski definition) is 3. The third-order valence-electron chi connectivity index (χ3n) is 1.37. The van der Waals surface area contributed by atoms with E-state index >= 15 is 0 Å². The van der Waals surface area contributed by atoms with Crippen LogP contribution in [-0.4, -0.2) is 5.38 Å². The van der Waals surface area contributed by atoms with Crippen molar-refractivity contribution in [3.63, 3.8) is 0 Å². The maximum Gasteiger partial charge on any atom is 0.342 e. The van der Waals surface area contributed by atoms with Gasteiger partial charge in [0.25, 0.3) is 0 Å². The van der Waals surface area contributed by atoms with Gasteiger partial charge >= 0.3 is 5.38 Å². The molecule has 1 unspecified atom stereocenters. The lowest BCUT2D eigenvalue weighted by Gasteiger charge is -2.18. The Balaban J connectivity index is 2.91. The molecule has 1 heterocycles. The van der Waals surface area contributed by atoms with Crippen molar-refractivity contribution in [1.82, 2.24) is 5.43 Å². The van der Waals surface area contributed by atoms with Crippen molar-refractivity contribution < 1.29 is 8.78 Å². The van der Waals surface area contributed by atoms with Gasteiger partial charge in [0, 0.05) is 4.88 Å². The fraction of sp³-hybridized carbons (Fsp3) is 0.333. The monoisotopic (exact) mass is 246 g/mol. The zero-order valence-corrected chi connectivity index (χ0v) is 8.56. The first-order valence-electron chi connectivity index (χ1n) is 3.23. The van der Waals surface area contributed by atoms with Gasteiger partial charge in [-0.15, -0.1) is 11.3 Å². The van der Waals surface area contributed by atoms with E-state index in [1.165, 1.54) is 12.1 Å². The molecule has 7 heteroatoms. The lowest BCUT2D eigenvalue weighted by Crippen LogP contribution is -2.37. The maximum absolute atomic E-state index is 12.7. The molecule has 1 aromatic rings. The molecule has 0 bridgehead atoms. The van der Waals surface area contributed by atoms with E-state index in [0.29, 0.717) is 9.21 Å². The topological polar surface area (TPSA) is 38.0 Å². The molecular weight excluding hydrogens is 241 g/mol. The largest absolute Gasteiger partial charge is 0.342 e. The molecule has 0 aliphatic heterocycles. The first kappa shape index (κ1) is 11.1. The summed E-state index contributed by atoms with van der Waals surface area (Å²) in [5.41, 5.74) is 1.94. The lowest BCUT2D eigenvalue weighted by atomic mass is 10.2. The van der Waals surface area contributed by atoms with Crippen molar-refractivity contribution in [2.45, 2.75) is 11.4 Å². The molecule has 1 atom stereocenters. The quantitative estimate of drug-likeness (QED) is 0.489. The zero-order chi connectivity index (χ0) is 10.1. The first-order valence-corrected chi connectivity index (χ1v) is 4.80. The summed E-state index contributed by atoms with van der Waals surface area (Å²) in [7, 11) is 0. The first-order chi connectivity index (χ1) is 5.95. The van der Waals surface area contributed by atoms with E-state index in [1.807, 2.05) is 5.43 Å². The summed E-state index contributed by atoms with van der Waals surface area (Å²) in [5.74, 6) is 4.95. The molecule has 13 heavy (non-hydrogen) atoms. The minimum Gasteiger partial charge on any atom is -0.271 e. The molecule has 0 radical (unpaired) electrons. The molecule has 0 aromatic carbocycles. The Kier molecular flexibility index (Phi) is 3.48. The smallest absolute Gasteiger partial charge is 0.271 e. The highest BCUT2D eigenvalue weighted by Crippen LogP contribution is 2.38. The van der Waals surface area contributed by atoms with Crippen LogP contribution in [0.15, 0.2) is 12.1 Å². The molecule has 0 saturated carbocycles. The number of thiophene rings is 1. The molecule has 2 nitrogen and oxygen atoms in total. The summed E-state index contributed by atoms with van der Waals surface area (Å²) in [4.78, 5) is 0.299. The second-order valence-electron chi connectivity index (χ2n) is 2.28. The van der Waals surface area contributed by atoms with Gasteiger partial charge in [-0.2, -0.15) is 8.78 Å². The summed E-state index contributed by atoms with van der Waals surface area (Å²) in [6, 6.07) is 1.55. The predicted octanol–water partition coefficient (Wildman–Crippen LogP) is 2.74. The van der Waals surface area contributed by atoms with E-state index < -0.39 is 11.4 Å². The number of alkyl halides is 3. The molecule has 1 rings (SSSR count). The third kappa shape index (κ3) is 2.75. The van der Waals surface area contributed by atoms with Gasteiger partial charge in [0.2, 0.25) is 0 Å². The third-order valence-corrected chi connectivity index (χ3v) is 2.89. The highest BCUT2D eigenvalue weighted by atomic mass is 35.5. The van der Waals surface area contributed by atoms with Gasteiger partial charge in [-0.05, 0) is 23.7 Å². The van der Waals surface area contributed by atoms with Crippen LogP contribution in [0, 0.1) is 0 Å². The van der Waals surface area contributed by atoms with E-state index in [4.69, 9.17) is 29.0 Å². The summed E-state index contributed by atoms with van der Waals surface area (Å²) in [6.07, 6.45) is 0. The summed E-state index contributed by atoms with van der Waals surface area (Å²) < 4.78 is 25.8. The number of rotatable bonds is 3. The Morgan fingerprint density at radius 3 is 2.46 bits per heavy atom. The fourth-order valence-electron chi connectivity index (χ4n) is 0.821. The van der Waals surface area contributed by atoms with E-state index in [9.17, 15) is 8.78 Å². The standard InChI is InChI=1S/C6H6Cl2F2N2S/c7-4-2-1-3(13-4)5(12-11)6(8,9)10/h1-2,5,12H,11H2. The van der Waals surface area contributed by atoms with Crippen molar-refractivity contribution in [2.75, 3.05) is 0 Å². The van der Waals surface area contributed by atoms with Crippen LogP contribution in [0.1, 0.15) is 10.9 Å². The van der Waals surface area contributed by atoms with Crippen LogP contribution in [0.2, 0.25) is 4.34 Å². The fourth-order valence-corrected chi connectivity index (χ4v) is 2.23. The van der Waals surface area contributed by atoms with Crippen LogP contribution < -0.4 is 11.3 Å². The molecule has 0 aliphatic rings. The Bertz CT molecular complexity index is 286. The number of halogens is 4. The molecular formula is C6H6Cl2F2N2S. The van der Waals surface area contributed by atoms with Crippen molar-refractivity contribution in [3.8, 4) is 0 Å². The normalized spacial score (nSPS) is 14.5. The van der Waals surface area contributed by atoms with Gasteiger partial charge in [-0.3, -0.25) is 5.84 Å². The number of nitrogens with two attached hydrogens (primary N) is 1. The van der Waals surface area contributed by atoms with Gasteiger partial charge < -0.3 is 0 Å². The van der Waals surface area contributed by atoms with Crippen LogP contribution in [-0.2, 0) is 0 Å². The Morgan fingerprint density at radius 2 is 2.15 bits per heavy atom. The summed E-state index contributed by atoms with van der Waals surface area (Å²) >= 11 is 11.4. The highest BCUT2D eigenvalue weighted by molar-refractivity contribution is 7.16. The van der Waals surface area contributed by atoms with Crippen molar-refractivity contribution >= 4 is 34.5 Å². The van der Waals surface area contributed by atoms with E-state index in [1.54, 1.807) is 0 Å². The SMILES string of the molecule is NNC(c1ccc(Cl)s1)C(F)(F)Cl. The molecule has 0 saturated heterocycles. The maximum atomic E-state index is 12.7. The van der Waals surface area contributed by atoms with Crippen LogP contribution in [0.3, 0.4) is 0 Å². The Hall–Kier alpha value is 0.0600. The zero-order valence-electron chi connectivity index (χ0n) is 6.23. The average Bonchev–Trinajstić information content (AvgIpc) is 2.34. The lowest BCUT2D eigenvalue weighted by molar-refractivity contribution is 0.0511. The minimum atomic E-state index is -3.43. The van der Waals surface area contributed by atoms with Crippen LogP contribution in [0.4, 0.5) is 8.78 Å². The predicted molar refractivity (Wildman–Crippen MR) is 50.2 cm³/mol. The Labute approximate surface area is 87.6 Å². The van der Waals surface area contributed by atoms with Crippen molar-refractivity contribution in [3.05, 3.63) is 21.3 Å². The van der Waals surface area contributed by atoms with Crippen molar-refractivity contribution in [1.29, 1.82) is 0 Å². The molecule has 0 spiro atoms. The minimum absolute atomic E-state index is 0.299. The van der Waals surface area contributed by atoms with Crippen LogP contribution in [0.5, 0.6) is 0 Å². The summed E-state index contributed by atoms with van der Waals surface area (Å²) in [5, 5.41) is -3.43. The second kappa shape index (κ2) is 4.06. The molecule has 0 amide bonds. The highest BCUT2D eigenvalue weighted by Gasteiger charge is 2.38. The van der Waals surface area contributed by atoms with Crippen molar-refractivity contribution in [2.24, 2.45) is 5.84 Å². The number of hydrogen-bond donors (Lipinski definition) is 2.